The molecule has 0 N–H and O–H groups in total. The minimum Gasteiger partial charge on any atom is -0.477 e. The first-order valence-corrected chi connectivity index (χ1v) is 9.95. The largest absolute Gasteiger partial charge is 0.477 e. The Bertz CT molecular complexity index is 960. The van der Waals surface area contributed by atoms with Crippen LogP contribution in [-0.2, 0) is 13.6 Å². The Labute approximate surface area is 164 Å². The SMILES string of the molecule is Cn1cc(CN2CCN(c3ccc4ncnc(OCC5CC5)c4c3)CC2)nn1. The lowest BCUT2D eigenvalue weighted by Gasteiger charge is -2.35. The van der Waals surface area contributed by atoms with Gasteiger partial charge in [0.25, 0.3) is 0 Å². The summed E-state index contributed by atoms with van der Waals surface area (Å²) >= 11 is 0. The Hall–Kier alpha value is -2.74. The number of anilines is 1. The summed E-state index contributed by atoms with van der Waals surface area (Å²) in [5, 5.41) is 9.21. The first-order chi connectivity index (χ1) is 13.7. The van der Waals surface area contributed by atoms with Gasteiger partial charge in [-0.1, -0.05) is 5.21 Å². The predicted molar refractivity (Wildman–Crippen MR) is 106 cm³/mol. The number of benzene rings is 1. The van der Waals surface area contributed by atoms with Gasteiger partial charge >= 0.3 is 0 Å². The molecule has 1 aliphatic heterocycles. The quantitative estimate of drug-likeness (QED) is 0.647. The first-order valence-electron chi connectivity index (χ1n) is 9.95. The fourth-order valence-electron chi connectivity index (χ4n) is 3.67. The molecule has 2 aliphatic rings. The third-order valence-electron chi connectivity index (χ3n) is 5.51. The molecule has 8 nitrogen and oxygen atoms in total. The van der Waals surface area contributed by atoms with Crippen molar-refractivity contribution in [3.63, 3.8) is 0 Å². The number of aryl methyl sites for hydroxylation is 1. The van der Waals surface area contributed by atoms with Crippen LogP contribution in [0.25, 0.3) is 10.9 Å². The Morgan fingerprint density at radius 1 is 1.11 bits per heavy atom. The highest BCUT2D eigenvalue weighted by atomic mass is 16.5. The van der Waals surface area contributed by atoms with Crippen molar-refractivity contribution in [2.45, 2.75) is 19.4 Å². The van der Waals surface area contributed by atoms with Gasteiger partial charge in [0.15, 0.2) is 0 Å². The van der Waals surface area contributed by atoms with Crippen LogP contribution in [0.3, 0.4) is 0 Å². The lowest BCUT2D eigenvalue weighted by molar-refractivity contribution is 0.247. The van der Waals surface area contributed by atoms with Gasteiger partial charge in [-0.15, -0.1) is 5.10 Å². The molecule has 0 radical (unpaired) electrons. The molecule has 1 aliphatic carbocycles. The number of aromatic nitrogens is 5. The zero-order chi connectivity index (χ0) is 18.9. The molecule has 0 unspecified atom stereocenters. The zero-order valence-electron chi connectivity index (χ0n) is 16.2. The van der Waals surface area contributed by atoms with E-state index in [4.69, 9.17) is 4.74 Å². The van der Waals surface area contributed by atoms with Gasteiger partial charge in [-0.3, -0.25) is 9.58 Å². The van der Waals surface area contributed by atoms with Crippen LogP contribution in [0.1, 0.15) is 18.5 Å². The summed E-state index contributed by atoms with van der Waals surface area (Å²) in [5.41, 5.74) is 3.17. The third-order valence-corrected chi connectivity index (χ3v) is 5.51. The molecule has 1 saturated heterocycles. The van der Waals surface area contributed by atoms with Crippen molar-refractivity contribution >= 4 is 16.6 Å². The van der Waals surface area contributed by atoms with Crippen LogP contribution < -0.4 is 9.64 Å². The summed E-state index contributed by atoms with van der Waals surface area (Å²) in [6, 6.07) is 6.40. The van der Waals surface area contributed by atoms with E-state index in [0.717, 1.165) is 55.9 Å². The second-order valence-corrected chi connectivity index (χ2v) is 7.78. The maximum atomic E-state index is 5.98. The van der Waals surface area contributed by atoms with Gasteiger partial charge in [0.1, 0.15) is 6.33 Å². The van der Waals surface area contributed by atoms with Crippen molar-refractivity contribution < 1.29 is 4.74 Å². The van der Waals surface area contributed by atoms with E-state index in [1.807, 2.05) is 13.2 Å². The molecule has 0 spiro atoms. The summed E-state index contributed by atoms with van der Waals surface area (Å²) in [5.74, 6) is 1.41. The van der Waals surface area contributed by atoms with Gasteiger partial charge in [0.05, 0.1) is 23.2 Å². The average Bonchev–Trinajstić information content (AvgIpc) is 3.47. The number of rotatable bonds is 6. The fourth-order valence-corrected chi connectivity index (χ4v) is 3.67. The molecule has 5 rings (SSSR count). The van der Waals surface area contributed by atoms with Crippen molar-refractivity contribution in [2.24, 2.45) is 13.0 Å². The molecule has 2 fully saturated rings. The van der Waals surface area contributed by atoms with Crippen LogP contribution in [-0.4, -0.2) is 62.6 Å². The number of nitrogens with zero attached hydrogens (tertiary/aromatic N) is 7. The molecular formula is C20H25N7O. The lowest BCUT2D eigenvalue weighted by atomic mass is 10.2. The summed E-state index contributed by atoms with van der Waals surface area (Å²) in [7, 11) is 1.90. The van der Waals surface area contributed by atoms with E-state index in [-0.39, 0.29) is 0 Å². The maximum absolute atomic E-state index is 5.98. The number of piperazine rings is 1. The summed E-state index contributed by atoms with van der Waals surface area (Å²) in [6.07, 6.45) is 6.12. The first kappa shape index (κ1) is 17.4. The highest BCUT2D eigenvalue weighted by Gasteiger charge is 2.23. The van der Waals surface area contributed by atoms with Crippen LogP contribution in [0.2, 0.25) is 0 Å². The Balaban J connectivity index is 1.27. The van der Waals surface area contributed by atoms with E-state index in [1.54, 1.807) is 11.0 Å². The molecule has 146 valence electrons. The van der Waals surface area contributed by atoms with Crippen molar-refractivity contribution in [3.05, 3.63) is 36.4 Å². The molecule has 3 heterocycles. The van der Waals surface area contributed by atoms with E-state index >= 15 is 0 Å². The van der Waals surface area contributed by atoms with E-state index in [2.05, 4.69) is 48.3 Å². The van der Waals surface area contributed by atoms with Crippen molar-refractivity contribution in [2.75, 3.05) is 37.7 Å². The van der Waals surface area contributed by atoms with Gasteiger partial charge in [0.2, 0.25) is 5.88 Å². The third kappa shape index (κ3) is 3.77. The van der Waals surface area contributed by atoms with Gasteiger partial charge in [0, 0.05) is 51.7 Å². The lowest BCUT2D eigenvalue weighted by Crippen LogP contribution is -2.46. The Kier molecular flexibility index (Phi) is 4.56. The predicted octanol–water partition coefficient (Wildman–Crippen LogP) is 1.87. The van der Waals surface area contributed by atoms with E-state index < -0.39 is 0 Å². The van der Waals surface area contributed by atoms with Crippen LogP contribution >= 0.6 is 0 Å². The molecular weight excluding hydrogens is 354 g/mol. The van der Waals surface area contributed by atoms with Crippen LogP contribution in [0.5, 0.6) is 5.88 Å². The number of fused-ring (bicyclic) bond motifs is 1. The number of hydrogen-bond donors (Lipinski definition) is 0. The molecule has 0 amide bonds. The molecule has 3 aromatic rings. The minimum atomic E-state index is 0.704. The number of ether oxygens (including phenoxy) is 1. The fraction of sp³-hybridized carbons (Fsp3) is 0.500. The summed E-state index contributed by atoms with van der Waals surface area (Å²) < 4.78 is 7.73. The standard InChI is InChI=1S/C20H25N7O/c1-25-11-16(23-24-25)12-26-6-8-27(9-7-26)17-4-5-19-18(10-17)20(22-14-21-19)28-13-15-2-3-15/h4-5,10-11,14-15H,2-3,6-9,12-13H2,1H3. The molecule has 8 heteroatoms. The smallest absolute Gasteiger partial charge is 0.224 e. The summed E-state index contributed by atoms with van der Waals surface area (Å²) in [6.45, 7) is 5.59. The van der Waals surface area contributed by atoms with E-state index in [0.29, 0.717) is 11.8 Å². The highest BCUT2D eigenvalue weighted by molar-refractivity contribution is 5.86. The molecule has 0 bridgehead atoms. The molecule has 28 heavy (non-hydrogen) atoms. The van der Waals surface area contributed by atoms with Gasteiger partial charge in [-0.05, 0) is 37.0 Å². The van der Waals surface area contributed by atoms with Crippen molar-refractivity contribution in [1.29, 1.82) is 0 Å². The Morgan fingerprint density at radius 2 is 1.96 bits per heavy atom. The monoisotopic (exact) mass is 379 g/mol. The van der Waals surface area contributed by atoms with E-state index in [1.165, 1.54) is 18.5 Å². The van der Waals surface area contributed by atoms with Gasteiger partial charge in [-0.25, -0.2) is 9.97 Å². The van der Waals surface area contributed by atoms with Gasteiger partial charge < -0.3 is 9.64 Å². The second kappa shape index (κ2) is 7.35. The summed E-state index contributed by atoms with van der Waals surface area (Å²) in [4.78, 5) is 13.6. The van der Waals surface area contributed by atoms with Crippen LogP contribution in [0, 0.1) is 5.92 Å². The zero-order valence-corrected chi connectivity index (χ0v) is 16.2. The average molecular weight is 379 g/mol. The molecule has 2 aromatic heterocycles. The molecule has 1 saturated carbocycles. The second-order valence-electron chi connectivity index (χ2n) is 7.78. The Morgan fingerprint density at radius 3 is 2.71 bits per heavy atom. The van der Waals surface area contributed by atoms with Crippen LogP contribution in [0.15, 0.2) is 30.7 Å². The van der Waals surface area contributed by atoms with Gasteiger partial charge in [-0.2, -0.15) is 0 Å². The topological polar surface area (TPSA) is 72.2 Å². The molecule has 1 aromatic carbocycles. The van der Waals surface area contributed by atoms with E-state index in [9.17, 15) is 0 Å². The van der Waals surface area contributed by atoms with Crippen molar-refractivity contribution in [3.8, 4) is 5.88 Å². The number of hydrogen-bond acceptors (Lipinski definition) is 7. The van der Waals surface area contributed by atoms with Crippen molar-refractivity contribution in [1.82, 2.24) is 29.9 Å². The normalized spacial score (nSPS) is 18.0. The minimum absolute atomic E-state index is 0.704. The van der Waals surface area contributed by atoms with Crippen LogP contribution in [0.4, 0.5) is 5.69 Å². The maximum Gasteiger partial charge on any atom is 0.224 e. The highest BCUT2D eigenvalue weighted by Crippen LogP contribution is 2.32. The molecule has 0 atom stereocenters.